The second-order valence-corrected chi connectivity index (χ2v) is 6.91. The van der Waals surface area contributed by atoms with Gasteiger partial charge in [0.15, 0.2) is 0 Å². The molecule has 0 aromatic rings. The molecule has 3 heteroatoms. The van der Waals surface area contributed by atoms with Crippen LogP contribution in [0.4, 0.5) is 0 Å². The van der Waals surface area contributed by atoms with Gasteiger partial charge in [-0.15, -0.1) is 0 Å². The number of carbonyl (C=O) groups excluding carboxylic acids is 1. The summed E-state index contributed by atoms with van der Waals surface area (Å²) in [5, 5.41) is 0. The van der Waals surface area contributed by atoms with Gasteiger partial charge in [0, 0.05) is 24.5 Å². The third-order valence-electron chi connectivity index (χ3n) is 6.03. The molecule has 4 atom stereocenters. The zero-order chi connectivity index (χ0) is 13.5. The zero-order valence-electron chi connectivity index (χ0n) is 12.2. The van der Waals surface area contributed by atoms with E-state index in [1.165, 1.54) is 32.1 Å². The number of hydrogen-bond donors (Lipinski definition) is 1. The molecular weight excluding hydrogens is 236 g/mol. The molecule has 0 aromatic carbocycles. The molecule has 2 N–H and O–H groups in total. The van der Waals surface area contributed by atoms with E-state index < -0.39 is 0 Å². The molecule has 1 spiro atoms. The largest absolute Gasteiger partial charge is 0.337 e. The van der Waals surface area contributed by atoms with E-state index >= 15 is 0 Å². The standard InChI is InChI=1S/C16H28N2O/c1-2-5-12-13-6-3-7-15(19)18-11-4-9-16(13,18)10-8-14(12)17/h12-14H,2-11,17H2,1H3/t12-,13+,14+,16-/m0/s1. The van der Waals surface area contributed by atoms with Crippen molar-refractivity contribution < 1.29 is 4.79 Å². The van der Waals surface area contributed by atoms with E-state index in [-0.39, 0.29) is 5.54 Å². The van der Waals surface area contributed by atoms with Crippen molar-refractivity contribution in [1.29, 1.82) is 0 Å². The predicted molar refractivity (Wildman–Crippen MR) is 76.6 cm³/mol. The Bertz CT molecular complexity index is 357. The van der Waals surface area contributed by atoms with Crippen molar-refractivity contribution in [2.45, 2.75) is 76.3 Å². The van der Waals surface area contributed by atoms with Crippen molar-refractivity contribution in [3.63, 3.8) is 0 Å². The van der Waals surface area contributed by atoms with Gasteiger partial charge in [0.25, 0.3) is 0 Å². The highest BCUT2D eigenvalue weighted by atomic mass is 16.2. The normalized spacial score (nSPS) is 42.7. The van der Waals surface area contributed by atoms with Gasteiger partial charge in [0.05, 0.1) is 0 Å². The quantitative estimate of drug-likeness (QED) is 0.833. The first-order valence-electron chi connectivity index (χ1n) is 8.25. The van der Waals surface area contributed by atoms with Gasteiger partial charge in [-0.1, -0.05) is 13.3 Å². The highest BCUT2D eigenvalue weighted by molar-refractivity contribution is 5.78. The number of amides is 1. The number of nitrogens with two attached hydrogens (primary N) is 1. The fraction of sp³-hybridized carbons (Fsp3) is 0.938. The molecule has 3 fully saturated rings. The van der Waals surface area contributed by atoms with Gasteiger partial charge in [-0.05, 0) is 56.8 Å². The molecule has 0 unspecified atom stereocenters. The second-order valence-electron chi connectivity index (χ2n) is 6.91. The van der Waals surface area contributed by atoms with E-state index in [0.717, 1.165) is 32.2 Å². The molecule has 1 amide bonds. The molecule has 19 heavy (non-hydrogen) atoms. The lowest BCUT2D eigenvalue weighted by atomic mass is 9.61. The van der Waals surface area contributed by atoms with Crippen LogP contribution >= 0.6 is 0 Å². The van der Waals surface area contributed by atoms with E-state index in [1.54, 1.807) is 0 Å². The van der Waals surface area contributed by atoms with Crippen LogP contribution in [0.1, 0.15) is 64.7 Å². The fourth-order valence-electron chi connectivity index (χ4n) is 5.27. The minimum Gasteiger partial charge on any atom is -0.337 e. The Morgan fingerprint density at radius 2 is 2.16 bits per heavy atom. The van der Waals surface area contributed by atoms with Crippen molar-refractivity contribution in [2.24, 2.45) is 17.6 Å². The molecule has 3 nitrogen and oxygen atoms in total. The van der Waals surface area contributed by atoms with E-state index in [4.69, 9.17) is 5.73 Å². The molecule has 2 aliphatic heterocycles. The van der Waals surface area contributed by atoms with Gasteiger partial charge in [-0.2, -0.15) is 0 Å². The highest BCUT2D eigenvalue weighted by Gasteiger charge is 2.55. The lowest BCUT2D eigenvalue weighted by molar-refractivity contribution is -0.138. The molecule has 0 radical (unpaired) electrons. The van der Waals surface area contributed by atoms with Crippen LogP contribution in [0.2, 0.25) is 0 Å². The van der Waals surface area contributed by atoms with Crippen LogP contribution in [0.15, 0.2) is 0 Å². The van der Waals surface area contributed by atoms with Crippen molar-refractivity contribution in [1.82, 2.24) is 4.90 Å². The average molecular weight is 264 g/mol. The van der Waals surface area contributed by atoms with Gasteiger partial charge in [0.2, 0.25) is 5.91 Å². The van der Waals surface area contributed by atoms with Crippen LogP contribution in [0.25, 0.3) is 0 Å². The Balaban J connectivity index is 1.94. The van der Waals surface area contributed by atoms with Crippen molar-refractivity contribution in [3.05, 3.63) is 0 Å². The third-order valence-corrected chi connectivity index (χ3v) is 6.03. The Morgan fingerprint density at radius 1 is 1.32 bits per heavy atom. The number of rotatable bonds is 2. The van der Waals surface area contributed by atoms with Crippen molar-refractivity contribution in [2.75, 3.05) is 6.54 Å². The van der Waals surface area contributed by atoms with E-state index in [9.17, 15) is 4.79 Å². The summed E-state index contributed by atoms with van der Waals surface area (Å²) in [6, 6.07) is 0.367. The lowest BCUT2D eigenvalue weighted by Gasteiger charge is -2.52. The van der Waals surface area contributed by atoms with Crippen LogP contribution in [-0.2, 0) is 4.79 Å². The number of hydrogen-bond acceptors (Lipinski definition) is 2. The minimum atomic E-state index is 0.198. The fourth-order valence-corrected chi connectivity index (χ4v) is 5.27. The molecule has 0 bridgehead atoms. The van der Waals surface area contributed by atoms with Gasteiger partial charge < -0.3 is 10.6 Å². The molecule has 3 rings (SSSR count). The summed E-state index contributed by atoms with van der Waals surface area (Å²) in [5.41, 5.74) is 6.63. The van der Waals surface area contributed by atoms with E-state index in [2.05, 4.69) is 11.8 Å². The molecule has 108 valence electrons. The summed E-state index contributed by atoms with van der Waals surface area (Å²) in [6.07, 6.45) is 10.2. The van der Waals surface area contributed by atoms with Crippen LogP contribution in [0.5, 0.6) is 0 Å². The zero-order valence-corrected chi connectivity index (χ0v) is 12.2. The molecule has 3 aliphatic rings. The SMILES string of the molecule is CCC[C@@H]1[C@H](N)CC[C@]23CCCN2C(=O)CCC[C@H]13. The Hall–Kier alpha value is -0.570. The predicted octanol–water partition coefficient (Wildman–Crippen LogP) is 2.69. The lowest BCUT2D eigenvalue weighted by Crippen LogP contribution is -2.59. The Kier molecular flexibility index (Phi) is 3.59. The third kappa shape index (κ3) is 2.01. The van der Waals surface area contributed by atoms with Crippen LogP contribution in [-0.4, -0.2) is 28.9 Å². The summed E-state index contributed by atoms with van der Waals surface area (Å²) in [6.45, 7) is 3.27. The van der Waals surface area contributed by atoms with E-state index in [0.29, 0.717) is 23.8 Å². The summed E-state index contributed by atoms with van der Waals surface area (Å²) in [5.74, 6) is 1.74. The van der Waals surface area contributed by atoms with Gasteiger partial charge in [-0.3, -0.25) is 4.79 Å². The molecule has 2 saturated heterocycles. The van der Waals surface area contributed by atoms with Crippen molar-refractivity contribution >= 4 is 5.91 Å². The summed E-state index contributed by atoms with van der Waals surface area (Å²) >= 11 is 0. The maximum absolute atomic E-state index is 12.4. The number of nitrogens with zero attached hydrogens (tertiary/aromatic N) is 1. The Labute approximate surface area is 116 Å². The monoisotopic (exact) mass is 264 g/mol. The average Bonchev–Trinajstić information content (AvgIpc) is 2.76. The summed E-state index contributed by atoms with van der Waals surface area (Å²) in [7, 11) is 0. The smallest absolute Gasteiger partial charge is 0.223 e. The molecule has 1 saturated carbocycles. The van der Waals surface area contributed by atoms with Crippen LogP contribution < -0.4 is 5.73 Å². The highest BCUT2D eigenvalue weighted by Crippen LogP contribution is 2.52. The minimum absolute atomic E-state index is 0.198. The molecular formula is C16H28N2O. The first-order valence-corrected chi connectivity index (χ1v) is 8.25. The van der Waals surface area contributed by atoms with Gasteiger partial charge >= 0.3 is 0 Å². The van der Waals surface area contributed by atoms with Gasteiger partial charge in [-0.25, -0.2) is 0 Å². The number of carbonyl (C=O) groups is 1. The van der Waals surface area contributed by atoms with Gasteiger partial charge in [0.1, 0.15) is 0 Å². The summed E-state index contributed by atoms with van der Waals surface area (Å²) in [4.78, 5) is 14.7. The first kappa shape index (κ1) is 13.4. The first-order chi connectivity index (χ1) is 9.19. The Morgan fingerprint density at radius 3 is 2.95 bits per heavy atom. The molecule has 1 aliphatic carbocycles. The van der Waals surface area contributed by atoms with E-state index in [1.807, 2.05) is 0 Å². The second kappa shape index (κ2) is 5.08. The van der Waals surface area contributed by atoms with Crippen LogP contribution in [0, 0.1) is 11.8 Å². The topological polar surface area (TPSA) is 46.3 Å². The maximum atomic E-state index is 12.4. The maximum Gasteiger partial charge on any atom is 0.223 e. The van der Waals surface area contributed by atoms with Crippen LogP contribution in [0.3, 0.4) is 0 Å². The molecule has 2 heterocycles. The summed E-state index contributed by atoms with van der Waals surface area (Å²) < 4.78 is 0. The van der Waals surface area contributed by atoms with Crippen molar-refractivity contribution in [3.8, 4) is 0 Å². The molecule has 0 aromatic heterocycles.